The molecule has 2 N–H and O–H groups in total. The number of fused-ring (bicyclic) bond motifs is 1. The molecular weight excluding hydrogens is 170 g/mol. The van der Waals surface area contributed by atoms with Crippen molar-refractivity contribution in [3.63, 3.8) is 0 Å². The van der Waals surface area contributed by atoms with Gasteiger partial charge in [0.05, 0.1) is 0 Å². The molecule has 0 heterocycles. The van der Waals surface area contributed by atoms with E-state index in [9.17, 15) is 0 Å². The molecule has 14 heavy (non-hydrogen) atoms. The minimum Gasteiger partial charge on any atom is -0.330 e. The summed E-state index contributed by atoms with van der Waals surface area (Å²) in [5.74, 6) is 1.50. The summed E-state index contributed by atoms with van der Waals surface area (Å²) in [6.07, 6.45) is 3.71. The highest BCUT2D eigenvalue weighted by molar-refractivity contribution is 5.33. The molecule has 2 rings (SSSR count). The van der Waals surface area contributed by atoms with Crippen molar-refractivity contribution in [3.8, 4) is 0 Å². The Labute approximate surface area is 86.3 Å². The second kappa shape index (κ2) is 4.14. The normalized spacial score (nSPS) is 25.9. The first-order chi connectivity index (χ1) is 6.83. The number of rotatable bonds is 2. The second-order valence-electron chi connectivity index (χ2n) is 4.40. The van der Waals surface area contributed by atoms with Crippen LogP contribution in [-0.2, 0) is 6.42 Å². The van der Waals surface area contributed by atoms with Gasteiger partial charge >= 0.3 is 0 Å². The summed E-state index contributed by atoms with van der Waals surface area (Å²) in [5, 5.41) is 0. The number of benzene rings is 1. The number of hydrogen-bond donors (Lipinski definition) is 1. The average molecular weight is 189 g/mol. The van der Waals surface area contributed by atoms with E-state index in [1.807, 2.05) is 0 Å². The lowest BCUT2D eigenvalue weighted by Crippen LogP contribution is -2.20. The van der Waals surface area contributed by atoms with Crippen LogP contribution in [0.3, 0.4) is 0 Å². The third-order valence-corrected chi connectivity index (χ3v) is 3.49. The molecule has 0 radical (unpaired) electrons. The minimum absolute atomic E-state index is 0.699. The summed E-state index contributed by atoms with van der Waals surface area (Å²) in [6, 6.07) is 8.85. The van der Waals surface area contributed by atoms with Crippen molar-refractivity contribution in [2.75, 3.05) is 6.54 Å². The Hall–Kier alpha value is -0.820. The van der Waals surface area contributed by atoms with Crippen molar-refractivity contribution in [2.45, 2.75) is 32.1 Å². The van der Waals surface area contributed by atoms with Gasteiger partial charge in [0.2, 0.25) is 0 Å². The van der Waals surface area contributed by atoms with Crippen LogP contribution in [-0.4, -0.2) is 6.54 Å². The van der Waals surface area contributed by atoms with Gasteiger partial charge in [-0.2, -0.15) is 0 Å². The Bertz CT molecular complexity index is 306. The summed E-state index contributed by atoms with van der Waals surface area (Å²) in [6.45, 7) is 3.17. The molecule has 1 aromatic carbocycles. The topological polar surface area (TPSA) is 26.0 Å². The van der Waals surface area contributed by atoms with Crippen LogP contribution in [0.2, 0.25) is 0 Å². The van der Waals surface area contributed by atoms with Gasteiger partial charge < -0.3 is 5.73 Å². The number of hydrogen-bond acceptors (Lipinski definition) is 1. The Morgan fingerprint density at radius 3 is 2.93 bits per heavy atom. The fourth-order valence-electron chi connectivity index (χ4n) is 2.63. The van der Waals surface area contributed by atoms with E-state index >= 15 is 0 Å². The highest BCUT2D eigenvalue weighted by Gasteiger charge is 2.24. The molecular formula is C13H19N. The van der Waals surface area contributed by atoms with E-state index in [1.165, 1.54) is 12.8 Å². The van der Waals surface area contributed by atoms with Crippen molar-refractivity contribution in [1.29, 1.82) is 0 Å². The van der Waals surface area contributed by atoms with Gasteiger partial charge in [0, 0.05) is 0 Å². The first-order valence-corrected chi connectivity index (χ1v) is 5.61. The van der Waals surface area contributed by atoms with Crippen molar-refractivity contribution >= 4 is 0 Å². The molecule has 2 unspecified atom stereocenters. The predicted octanol–water partition coefficient (Wildman–Crippen LogP) is 2.70. The van der Waals surface area contributed by atoms with Crippen LogP contribution in [0.1, 0.15) is 36.8 Å². The van der Waals surface area contributed by atoms with E-state index in [2.05, 4.69) is 31.2 Å². The largest absolute Gasteiger partial charge is 0.330 e. The molecule has 0 fully saturated rings. The molecule has 1 heteroatoms. The smallest absolute Gasteiger partial charge is 0.00713 e. The molecule has 76 valence electrons. The number of nitrogens with two attached hydrogens (primary N) is 1. The predicted molar refractivity (Wildman–Crippen MR) is 60.3 cm³/mol. The highest BCUT2D eigenvalue weighted by Crippen LogP contribution is 2.37. The molecule has 0 saturated carbocycles. The number of aryl methyl sites for hydroxylation is 1. The lowest BCUT2D eigenvalue weighted by atomic mass is 9.74. The van der Waals surface area contributed by atoms with Crippen LogP contribution >= 0.6 is 0 Å². The minimum atomic E-state index is 0.699. The van der Waals surface area contributed by atoms with E-state index < -0.39 is 0 Å². The summed E-state index contributed by atoms with van der Waals surface area (Å²) in [7, 11) is 0. The maximum atomic E-state index is 5.68. The summed E-state index contributed by atoms with van der Waals surface area (Å²) in [5.41, 5.74) is 8.78. The van der Waals surface area contributed by atoms with Crippen molar-refractivity contribution in [1.82, 2.24) is 0 Å². The van der Waals surface area contributed by atoms with Crippen molar-refractivity contribution in [3.05, 3.63) is 35.4 Å². The van der Waals surface area contributed by atoms with Gasteiger partial charge in [0.1, 0.15) is 0 Å². The van der Waals surface area contributed by atoms with E-state index in [4.69, 9.17) is 5.73 Å². The summed E-state index contributed by atoms with van der Waals surface area (Å²) in [4.78, 5) is 0. The molecule has 1 aliphatic carbocycles. The molecule has 1 nitrogen and oxygen atoms in total. The molecule has 0 amide bonds. The maximum Gasteiger partial charge on any atom is -0.00713 e. The quantitative estimate of drug-likeness (QED) is 0.760. The van der Waals surface area contributed by atoms with Gasteiger partial charge in [-0.3, -0.25) is 0 Å². The van der Waals surface area contributed by atoms with Crippen LogP contribution < -0.4 is 5.73 Å². The Morgan fingerprint density at radius 1 is 1.36 bits per heavy atom. The molecule has 0 aromatic heterocycles. The van der Waals surface area contributed by atoms with Crippen LogP contribution in [0.25, 0.3) is 0 Å². The van der Waals surface area contributed by atoms with Crippen molar-refractivity contribution < 1.29 is 0 Å². The third-order valence-electron chi connectivity index (χ3n) is 3.49. The summed E-state index contributed by atoms with van der Waals surface area (Å²) >= 11 is 0. The lowest BCUT2D eigenvalue weighted by molar-refractivity contribution is 0.387. The average Bonchev–Trinajstić information content (AvgIpc) is 2.23. The van der Waals surface area contributed by atoms with E-state index in [0.717, 1.165) is 18.9 Å². The second-order valence-corrected chi connectivity index (χ2v) is 4.40. The molecule has 0 spiro atoms. The van der Waals surface area contributed by atoms with Gasteiger partial charge in [-0.05, 0) is 48.8 Å². The Kier molecular flexibility index (Phi) is 2.87. The zero-order chi connectivity index (χ0) is 9.97. The highest BCUT2D eigenvalue weighted by atomic mass is 14.5. The van der Waals surface area contributed by atoms with Crippen LogP contribution in [0, 0.1) is 5.92 Å². The maximum absolute atomic E-state index is 5.68. The van der Waals surface area contributed by atoms with E-state index in [-0.39, 0.29) is 0 Å². The van der Waals surface area contributed by atoms with E-state index in [0.29, 0.717) is 5.92 Å². The fourth-order valence-corrected chi connectivity index (χ4v) is 2.63. The SMILES string of the molecule is CC1CCc2ccccc2C1CCN. The van der Waals surface area contributed by atoms with E-state index in [1.54, 1.807) is 11.1 Å². The molecule has 2 atom stereocenters. The molecule has 0 bridgehead atoms. The van der Waals surface area contributed by atoms with Crippen LogP contribution in [0.5, 0.6) is 0 Å². The molecule has 1 aliphatic rings. The van der Waals surface area contributed by atoms with Gasteiger partial charge in [0.25, 0.3) is 0 Å². The van der Waals surface area contributed by atoms with Crippen LogP contribution in [0.15, 0.2) is 24.3 Å². The first-order valence-electron chi connectivity index (χ1n) is 5.61. The Balaban J connectivity index is 2.31. The standard InChI is InChI=1S/C13H19N/c1-10-6-7-11-4-2-3-5-13(11)12(10)8-9-14/h2-5,10,12H,6-9,14H2,1H3. The zero-order valence-electron chi connectivity index (χ0n) is 8.87. The van der Waals surface area contributed by atoms with Gasteiger partial charge in [-0.25, -0.2) is 0 Å². The zero-order valence-corrected chi connectivity index (χ0v) is 8.87. The Morgan fingerprint density at radius 2 is 2.14 bits per heavy atom. The monoisotopic (exact) mass is 189 g/mol. The molecule has 1 aromatic rings. The third kappa shape index (κ3) is 1.69. The van der Waals surface area contributed by atoms with Gasteiger partial charge in [-0.15, -0.1) is 0 Å². The van der Waals surface area contributed by atoms with Crippen molar-refractivity contribution in [2.24, 2.45) is 11.7 Å². The molecule has 0 saturated heterocycles. The van der Waals surface area contributed by atoms with Gasteiger partial charge in [0.15, 0.2) is 0 Å². The lowest BCUT2D eigenvalue weighted by Gasteiger charge is -2.31. The molecule has 0 aliphatic heterocycles. The van der Waals surface area contributed by atoms with Crippen LogP contribution in [0.4, 0.5) is 0 Å². The van der Waals surface area contributed by atoms with Gasteiger partial charge in [-0.1, -0.05) is 31.2 Å². The fraction of sp³-hybridized carbons (Fsp3) is 0.538. The summed E-state index contributed by atoms with van der Waals surface area (Å²) < 4.78 is 0. The first kappa shape index (κ1) is 9.72.